The van der Waals surface area contributed by atoms with Crippen LogP contribution in [0.1, 0.15) is 251 Å². The Hall–Kier alpha value is -1.79. The molecule has 14 nitrogen and oxygen atoms in total. The molecule has 0 bridgehead atoms. The van der Waals surface area contributed by atoms with Crippen molar-refractivity contribution in [3.05, 3.63) is 36.5 Å². The number of aliphatic hydroxyl groups is 8. The van der Waals surface area contributed by atoms with Crippen molar-refractivity contribution in [1.29, 1.82) is 0 Å². The van der Waals surface area contributed by atoms with Crippen LogP contribution in [-0.4, -0.2) is 140 Å². The summed E-state index contributed by atoms with van der Waals surface area (Å²) in [7, 11) is 0. The van der Waals surface area contributed by atoms with Gasteiger partial charge in [0.1, 0.15) is 48.8 Å². The molecule has 2 aliphatic heterocycles. The number of nitrogens with one attached hydrogen (secondary N) is 1. The molecule has 2 saturated heterocycles. The van der Waals surface area contributed by atoms with Crippen molar-refractivity contribution in [2.24, 2.45) is 0 Å². The quantitative estimate of drug-likeness (QED) is 0.0204. The van der Waals surface area contributed by atoms with Gasteiger partial charge in [-0.15, -0.1) is 0 Å². The number of ether oxygens (including phenoxy) is 4. The lowest BCUT2D eigenvalue weighted by Crippen LogP contribution is -2.65. The van der Waals surface area contributed by atoms with E-state index in [0.29, 0.717) is 12.8 Å². The molecule has 0 aromatic carbocycles. The van der Waals surface area contributed by atoms with Crippen LogP contribution in [0.15, 0.2) is 36.5 Å². The second-order valence-corrected chi connectivity index (χ2v) is 21.8. The zero-order valence-corrected chi connectivity index (χ0v) is 47.3. The van der Waals surface area contributed by atoms with Crippen molar-refractivity contribution in [2.75, 3.05) is 19.8 Å². The minimum atomic E-state index is -1.79. The third kappa shape index (κ3) is 32.8. The van der Waals surface area contributed by atoms with E-state index >= 15 is 0 Å². The summed E-state index contributed by atoms with van der Waals surface area (Å²) in [4.78, 5) is 13.3. The SMILES string of the molecule is CCCCCCC/C=C/CC/C=C/CC/C=C/C(O)C(COC1OC(CO)C(OC2OC(CO)C(O)C(O)C2O)C(O)C1O)NC(=O)CCCCCCCCCCCCCCCCCCCCCCCCCCCC. The van der Waals surface area contributed by atoms with Crippen LogP contribution in [0.5, 0.6) is 0 Å². The summed E-state index contributed by atoms with van der Waals surface area (Å²) in [6.07, 6.45) is 40.6. The highest BCUT2D eigenvalue weighted by atomic mass is 16.7. The van der Waals surface area contributed by atoms with Crippen LogP contribution in [0.3, 0.4) is 0 Å². The predicted molar refractivity (Wildman–Crippen MR) is 300 cm³/mol. The van der Waals surface area contributed by atoms with Gasteiger partial charge in [0.25, 0.3) is 0 Å². The van der Waals surface area contributed by atoms with Crippen LogP contribution < -0.4 is 5.32 Å². The van der Waals surface area contributed by atoms with Crippen molar-refractivity contribution in [3.63, 3.8) is 0 Å². The van der Waals surface area contributed by atoms with Gasteiger partial charge in [-0.1, -0.05) is 237 Å². The summed E-state index contributed by atoms with van der Waals surface area (Å²) in [5, 5.41) is 87.0. The number of rotatable bonds is 49. The fourth-order valence-corrected chi connectivity index (χ4v) is 10.1. The minimum absolute atomic E-state index is 0.250. The van der Waals surface area contributed by atoms with Gasteiger partial charge in [0.15, 0.2) is 12.6 Å². The van der Waals surface area contributed by atoms with Crippen LogP contribution in [0, 0.1) is 0 Å². The molecule has 9 N–H and O–H groups in total. The van der Waals surface area contributed by atoms with E-state index in [2.05, 4.69) is 43.5 Å². The lowest BCUT2D eigenvalue weighted by Gasteiger charge is -2.46. The van der Waals surface area contributed by atoms with E-state index in [-0.39, 0.29) is 18.9 Å². The number of carbonyl (C=O) groups excluding carboxylic acids is 1. The van der Waals surface area contributed by atoms with Gasteiger partial charge >= 0.3 is 0 Å². The van der Waals surface area contributed by atoms with E-state index in [1.807, 2.05) is 6.08 Å². The lowest BCUT2D eigenvalue weighted by molar-refractivity contribution is -0.359. The number of aliphatic hydroxyl groups excluding tert-OH is 8. The Morgan fingerprint density at radius 2 is 0.853 bits per heavy atom. The summed E-state index contributed by atoms with van der Waals surface area (Å²) in [5.41, 5.74) is 0. The molecule has 2 fully saturated rings. The van der Waals surface area contributed by atoms with Crippen LogP contribution >= 0.6 is 0 Å². The first kappa shape index (κ1) is 69.3. The van der Waals surface area contributed by atoms with Gasteiger partial charge in [-0.05, 0) is 44.9 Å². The van der Waals surface area contributed by atoms with Gasteiger partial charge in [0.2, 0.25) is 5.91 Å². The highest BCUT2D eigenvalue weighted by Crippen LogP contribution is 2.30. The molecule has 12 unspecified atom stereocenters. The average molecular weight is 1070 g/mol. The maximum atomic E-state index is 13.3. The molecule has 440 valence electrons. The van der Waals surface area contributed by atoms with E-state index < -0.39 is 86.8 Å². The van der Waals surface area contributed by atoms with Gasteiger partial charge in [-0.3, -0.25) is 4.79 Å². The number of allylic oxidation sites excluding steroid dienone is 5. The molecule has 0 aliphatic carbocycles. The molecule has 0 spiro atoms. The Balaban J connectivity index is 1.72. The van der Waals surface area contributed by atoms with Crippen molar-refractivity contribution in [2.45, 2.75) is 325 Å². The topological polar surface area (TPSA) is 228 Å². The Labute approximate surface area is 455 Å². The van der Waals surface area contributed by atoms with Gasteiger partial charge < -0.3 is 65.1 Å². The number of hydrogen-bond acceptors (Lipinski definition) is 13. The summed E-state index contributed by atoms with van der Waals surface area (Å²) >= 11 is 0. The van der Waals surface area contributed by atoms with Gasteiger partial charge in [0.05, 0.1) is 32.0 Å². The van der Waals surface area contributed by atoms with E-state index in [1.54, 1.807) is 6.08 Å². The average Bonchev–Trinajstić information content (AvgIpc) is 3.41. The van der Waals surface area contributed by atoms with Gasteiger partial charge in [0, 0.05) is 6.42 Å². The summed E-state index contributed by atoms with van der Waals surface area (Å²) in [6, 6.07) is -0.935. The van der Waals surface area contributed by atoms with E-state index in [1.165, 1.54) is 173 Å². The molecule has 2 rings (SSSR count). The Kier molecular flexibility index (Phi) is 43.5. The van der Waals surface area contributed by atoms with Crippen molar-refractivity contribution in [3.8, 4) is 0 Å². The summed E-state index contributed by atoms with van der Waals surface area (Å²) in [5.74, 6) is -0.250. The summed E-state index contributed by atoms with van der Waals surface area (Å²) in [6.45, 7) is 2.78. The zero-order chi connectivity index (χ0) is 54.6. The summed E-state index contributed by atoms with van der Waals surface area (Å²) < 4.78 is 22.7. The number of unbranched alkanes of at least 4 members (excludes halogenated alkanes) is 32. The van der Waals surface area contributed by atoms with Crippen LogP contribution in [0.4, 0.5) is 0 Å². The zero-order valence-electron chi connectivity index (χ0n) is 47.3. The molecule has 0 radical (unpaired) electrons. The Bertz CT molecular complexity index is 1400. The highest BCUT2D eigenvalue weighted by Gasteiger charge is 2.51. The van der Waals surface area contributed by atoms with E-state index in [9.17, 15) is 45.6 Å². The normalized spacial score (nSPS) is 25.3. The third-order valence-corrected chi connectivity index (χ3v) is 15.1. The minimum Gasteiger partial charge on any atom is -0.394 e. The molecular formula is C61H113NO13. The van der Waals surface area contributed by atoms with Gasteiger partial charge in [-0.25, -0.2) is 0 Å². The largest absolute Gasteiger partial charge is 0.394 e. The van der Waals surface area contributed by atoms with Crippen molar-refractivity contribution in [1.82, 2.24) is 5.32 Å². The fourth-order valence-electron chi connectivity index (χ4n) is 10.1. The maximum absolute atomic E-state index is 13.3. The fraction of sp³-hybridized carbons (Fsp3) is 0.885. The number of carbonyl (C=O) groups is 1. The first-order valence-electron chi connectivity index (χ1n) is 30.7. The van der Waals surface area contributed by atoms with E-state index in [0.717, 1.165) is 44.9 Å². The van der Waals surface area contributed by atoms with Crippen molar-refractivity contribution >= 4 is 5.91 Å². The standard InChI is InChI=1S/C61H113NO13/c1-3-5-7-9-11-13-15-17-19-20-21-22-23-24-25-26-27-28-29-31-33-35-37-39-41-43-45-53(66)62-49(50(65)44-42-40-38-36-34-32-30-18-16-14-12-10-8-6-4-2)48-72-60-58(71)56(69)59(52(47-64)74-60)75-61-57(70)55(68)54(67)51(46-63)73-61/h16,18,34,36,42,44,49-52,54-61,63-65,67-71H,3-15,17,19-33,35,37-41,43,45-48H2,1-2H3,(H,62,66)/b18-16+,36-34+,44-42+. The first-order chi connectivity index (χ1) is 36.6. The van der Waals surface area contributed by atoms with Gasteiger partial charge in [-0.2, -0.15) is 0 Å². The first-order valence-corrected chi connectivity index (χ1v) is 30.7. The monoisotopic (exact) mass is 1070 g/mol. The second-order valence-electron chi connectivity index (χ2n) is 21.8. The smallest absolute Gasteiger partial charge is 0.220 e. The molecule has 2 aliphatic rings. The second kappa shape index (κ2) is 47.1. The van der Waals surface area contributed by atoms with Crippen molar-refractivity contribution < 1.29 is 64.6 Å². The Morgan fingerprint density at radius 1 is 0.467 bits per heavy atom. The molecule has 14 heteroatoms. The highest BCUT2D eigenvalue weighted by molar-refractivity contribution is 5.76. The van der Waals surface area contributed by atoms with Crippen LogP contribution in [0.25, 0.3) is 0 Å². The molecule has 75 heavy (non-hydrogen) atoms. The lowest BCUT2D eigenvalue weighted by atomic mass is 9.97. The number of amides is 1. The van der Waals surface area contributed by atoms with Crippen LogP contribution in [0.2, 0.25) is 0 Å². The molecule has 0 saturated carbocycles. The number of hydrogen-bond donors (Lipinski definition) is 9. The molecule has 0 aromatic rings. The molecule has 0 aromatic heterocycles. The molecule has 12 atom stereocenters. The van der Waals surface area contributed by atoms with Crippen LogP contribution in [-0.2, 0) is 23.7 Å². The maximum Gasteiger partial charge on any atom is 0.220 e. The van der Waals surface area contributed by atoms with E-state index in [4.69, 9.17) is 18.9 Å². The molecule has 1 amide bonds. The molecule has 2 heterocycles. The predicted octanol–water partition coefficient (Wildman–Crippen LogP) is 10.6. The third-order valence-electron chi connectivity index (χ3n) is 15.1. The molecular weight excluding hydrogens is 955 g/mol. The Morgan fingerprint density at radius 3 is 1.31 bits per heavy atom.